The minimum Gasteiger partial charge on any atom is -0.378 e. The van der Waals surface area contributed by atoms with Crippen molar-refractivity contribution in [3.8, 4) is 11.3 Å². The second kappa shape index (κ2) is 9.85. The molecule has 0 aliphatic carbocycles. The molecular formula is C23H25N7O3S. The van der Waals surface area contributed by atoms with Crippen molar-refractivity contribution in [2.75, 3.05) is 43.6 Å². The molecule has 3 aromatic heterocycles. The summed E-state index contributed by atoms with van der Waals surface area (Å²) in [6.07, 6.45) is 3.59. The molecule has 1 atom stereocenters. The zero-order chi connectivity index (χ0) is 23.5. The second-order valence-corrected chi connectivity index (χ2v) is 9.02. The predicted octanol–water partition coefficient (Wildman–Crippen LogP) is 2.94. The van der Waals surface area contributed by atoms with Crippen LogP contribution in [0.2, 0.25) is 0 Å². The van der Waals surface area contributed by atoms with Gasteiger partial charge in [0.2, 0.25) is 17.2 Å². The number of rotatable bonds is 7. The van der Waals surface area contributed by atoms with Crippen molar-refractivity contribution in [2.45, 2.75) is 6.54 Å². The smallest absolute Gasteiger partial charge is 0.246 e. The van der Waals surface area contributed by atoms with E-state index in [1.807, 2.05) is 59.2 Å². The van der Waals surface area contributed by atoms with Crippen LogP contribution in [0.25, 0.3) is 16.8 Å². The van der Waals surface area contributed by atoms with Gasteiger partial charge in [0.05, 0.1) is 42.5 Å². The van der Waals surface area contributed by atoms with Crippen molar-refractivity contribution in [3.05, 3.63) is 66.5 Å². The summed E-state index contributed by atoms with van der Waals surface area (Å²) >= 11 is -2.05. The molecule has 1 aliphatic heterocycles. The minimum atomic E-state index is -2.05. The lowest BCUT2D eigenvalue weighted by molar-refractivity contribution is 0.122. The topological polar surface area (TPSA) is 108 Å². The van der Waals surface area contributed by atoms with Gasteiger partial charge in [-0.15, -0.1) is 5.10 Å². The van der Waals surface area contributed by atoms with E-state index in [0.717, 1.165) is 54.3 Å². The van der Waals surface area contributed by atoms with Crippen LogP contribution in [-0.4, -0.2) is 66.0 Å². The number of anilines is 3. The molecule has 1 aliphatic rings. The highest BCUT2D eigenvalue weighted by molar-refractivity contribution is 7.76. The first-order valence-electron chi connectivity index (χ1n) is 10.9. The first kappa shape index (κ1) is 22.4. The molecule has 34 heavy (non-hydrogen) atoms. The summed E-state index contributed by atoms with van der Waals surface area (Å²) < 4.78 is 29.4. The fourth-order valence-corrected chi connectivity index (χ4v) is 4.20. The van der Waals surface area contributed by atoms with Gasteiger partial charge in [0, 0.05) is 32.2 Å². The van der Waals surface area contributed by atoms with Crippen molar-refractivity contribution < 1.29 is 13.5 Å². The first-order chi connectivity index (χ1) is 16.6. The molecule has 1 saturated heterocycles. The molecule has 0 amide bonds. The average molecular weight is 480 g/mol. The summed E-state index contributed by atoms with van der Waals surface area (Å²) in [5, 5.41) is 7.86. The molecular weight excluding hydrogens is 454 g/mol. The summed E-state index contributed by atoms with van der Waals surface area (Å²) in [6, 6.07) is 15.6. The highest BCUT2D eigenvalue weighted by Gasteiger charge is 2.15. The Balaban J connectivity index is 1.40. The van der Waals surface area contributed by atoms with E-state index in [9.17, 15) is 8.76 Å². The highest BCUT2D eigenvalue weighted by atomic mass is 32.2. The van der Waals surface area contributed by atoms with Crippen LogP contribution in [0.15, 0.2) is 60.9 Å². The minimum absolute atomic E-state index is 0.322. The largest absolute Gasteiger partial charge is 0.378 e. The van der Waals surface area contributed by atoms with Gasteiger partial charge in [0.25, 0.3) is 0 Å². The maximum absolute atomic E-state index is 11.4. The number of ether oxygens (including phenoxy) is 1. The van der Waals surface area contributed by atoms with E-state index in [1.54, 1.807) is 13.2 Å². The standard InChI is InChI=1S/C23H25N7O3S/c1-28(34(31)32)16-17-4-2-3-5-20(17)21-8-6-19-15-25-23(27-30(19)21)26-22-9-7-18(14-24-22)29-10-12-33-13-11-29/h2-9,14-15H,10-13,16H2,1H3,(H,31,32)(H,24,26,27). The van der Waals surface area contributed by atoms with Crippen LogP contribution in [0.1, 0.15) is 5.56 Å². The predicted molar refractivity (Wildman–Crippen MR) is 131 cm³/mol. The molecule has 1 fully saturated rings. The van der Waals surface area contributed by atoms with E-state index < -0.39 is 11.3 Å². The van der Waals surface area contributed by atoms with Crippen molar-refractivity contribution in [3.63, 3.8) is 0 Å². The summed E-state index contributed by atoms with van der Waals surface area (Å²) in [7, 11) is 1.60. The number of pyridine rings is 1. The Morgan fingerprint density at radius 2 is 1.91 bits per heavy atom. The molecule has 4 aromatic rings. The molecule has 4 heterocycles. The molecule has 1 unspecified atom stereocenters. The van der Waals surface area contributed by atoms with Crippen molar-refractivity contribution >= 4 is 34.2 Å². The molecule has 0 radical (unpaired) electrons. The number of morpholine rings is 1. The molecule has 5 rings (SSSR count). The zero-order valence-electron chi connectivity index (χ0n) is 18.7. The fraction of sp³-hybridized carbons (Fsp3) is 0.261. The number of nitrogens with one attached hydrogen (secondary N) is 1. The van der Waals surface area contributed by atoms with Crippen molar-refractivity contribution in [1.29, 1.82) is 0 Å². The van der Waals surface area contributed by atoms with Gasteiger partial charge in [-0.25, -0.2) is 18.7 Å². The van der Waals surface area contributed by atoms with Gasteiger partial charge in [-0.1, -0.05) is 24.3 Å². The first-order valence-corrected chi connectivity index (χ1v) is 12.0. The lowest BCUT2D eigenvalue weighted by atomic mass is 10.0. The third kappa shape index (κ3) is 4.77. The highest BCUT2D eigenvalue weighted by Crippen LogP contribution is 2.27. The van der Waals surface area contributed by atoms with E-state index in [1.165, 1.54) is 4.31 Å². The van der Waals surface area contributed by atoms with Gasteiger partial charge < -0.3 is 15.0 Å². The lowest BCUT2D eigenvalue weighted by Gasteiger charge is -2.28. The third-order valence-electron chi connectivity index (χ3n) is 5.72. The lowest BCUT2D eigenvalue weighted by Crippen LogP contribution is -2.36. The van der Waals surface area contributed by atoms with Gasteiger partial charge in [0.15, 0.2) is 0 Å². The summed E-state index contributed by atoms with van der Waals surface area (Å²) in [6.45, 7) is 3.49. The Labute approximate surface area is 199 Å². The van der Waals surface area contributed by atoms with E-state index >= 15 is 0 Å². The van der Waals surface area contributed by atoms with Gasteiger partial charge >= 0.3 is 0 Å². The van der Waals surface area contributed by atoms with Crippen LogP contribution in [0.4, 0.5) is 17.5 Å². The number of hydrogen-bond donors (Lipinski definition) is 2. The van der Waals surface area contributed by atoms with Gasteiger partial charge in [-0.05, 0) is 29.8 Å². The maximum Gasteiger partial charge on any atom is 0.246 e. The SMILES string of the molecule is CN(Cc1ccccc1-c1ccc2cnc(Nc3ccc(N4CCOCC4)cn3)nn12)S(=O)O. The molecule has 0 bridgehead atoms. The van der Waals surface area contributed by atoms with E-state index in [4.69, 9.17) is 4.74 Å². The molecule has 11 heteroatoms. The quantitative estimate of drug-likeness (QED) is 0.390. The Kier molecular flexibility index (Phi) is 6.50. The summed E-state index contributed by atoms with van der Waals surface area (Å²) in [5.41, 5.74) is 4.61. The van der Waals surface area contributed by atoms with Gasteiger partial charge in [-0.2, -0.15) is 4.31 Å². The molecule has 10 nitrogen and oxygen atoms in total. The van der Waals surface area contributed by atoms with Crippen LogP contribution >= 0.6 is 0 Å². The number of nitrogens with zero attached hydrogens (tertiary/aromatic N) is 6. The van der Waals surface area contributed by atoms with Gasteiger partial charge in [0.1, 0.15) is 5.82 Å². The monoisotopic (exact) mass is 479 g/mol. The molecule has 176 valence electrons. The summed E-state index contributed by atoms with van der Waals surface area (Å²) in [5.74, 6) is 1.07. The Morgan fingerprint density at radius 3 is 2.68 bits per heavy atom. The zero-order valence-corrected chi connectivity index (χ0v) is 19.5. The van der Waals surface area contributed by atoms with Crippen molar-refractivity contribution in [1.82, 2.24) is 23.9 Å². The molecule has 2 N–H and O–H groups in total. The Hall–Kier alpha value is -3.38. The number of hydrogen-bond acceptors (Lipinski definition) is 7. The number of fused-ring (bicyclic) bond motifs is 1. The summed E-state index contributed by atoms with van der Waals surface area (Å²) in [4.78, 5) is 11.2. The average Bonchev–Trinajstić information content (AvgIpc) is 3.28. The third-order valence-corrected chi connectivity index (χ3v) is 6.38. The Morgan fingerprint density at radius 1 is 1.09 bits per heavy atom. The molecule has 1 aromatic carbocycles. The molecule has 0 saturated carbocycles. The fourth-order valence-electron chi connectivity index (χ4n) is 3.95. The van der Waals surface area contributed by atoms with E-state index in [0.29, 0.717) is 18.3 Å². The maximum atomic E-state index is 11.4. The van der Waals surface area contributed by atoms with Crippen LogP contribution in [-0.2, 0) is 22.5 Å². The van der Waals surface area contributed by atoms with Crippen LogP contribution in [0.3, 0.4) is 0 Å². The number of benzene rings is 1. The number of aromatic nitrogens is 4. The molecule has 0 spiro atoms. The van der Waals surface area contributed by atoms with E-state index in [-0.39, 0.29) is 0 Å². The van der Waals surface area contributed by atoms with Crippen LogP contribution in [0, 0.1) is 0 Å². The van der Waals surface area contributed by atoms with E-state index in [2.05, 4.69) is 25.3 Å². The Bertz CT molecular complexity index is 1310. The normalized spacial score (nSPS) is 15.1. The second-order valence-electron chi connectivity index (χ2n) is 7.94. The van der Waals surface area contributed by atoms with Gasteiger partial charge in [-0.3, -0.25) is 4.55 Å². The van der Waals surface area contributed by atoms with Crippen LogP contribution < -0.4 is 10.2 Å². The van der Waals surface area contributed by atoms with Crippen LogP contribution in [0.5, 0.6) is 0 Å². The van der Waals surface area contributed by atoms with Crippen molar-refractivity contribution in [2.24, 2.45) is 0 Å².